The Morgan fingerprint density at radius 1 is 1.83 bits per heavy atom. The van der Waals surface area contributed by atoms with Gasteiger partial charge in [-0.05, 0) is 6.07 Å². The zero-order valence-electron chi connectivity index (χ0n) is 2.97. The van der Waals surface area contributed by atoms with Crippen molar-refractivity contribution >= 4 is 23.8 Å². The van der Waals surface area contributed by atoms with Crippen molar-refractivity contribution in [2.24, 2.45) is 0 Å². The fraction of sp³-hybridized carbons (Fsp3) is 0. The summed E-state index contributed by atoms with van der Waals surface area (Å²) in [7, 11) is 0. The maximum Gasteiger partial charge on any atom is 0.113 e. The Bertz CT molecular complexity index is 147. The lowest BCUT2D eigenvalue weighted by Crippen LogP contribution is -1.43. The predicted molar refractivity (Wildman–Crippen MR) is 29.5 cm³/mol. The largest absolute Gasteiger partial charge is 0.302 e. The summed E-state index contributed by atoms with van der Waals surface area (Å²) in [4.78, 5) is 0. The van der Waals surface area contributed by atoms with Gasteiger partial charge in [-0.1, -0.05) is 23.8 Å². The van der Waals surface area contributed by atoms with Gasteiger partial charge in [0.1, 0.15) is 4.64 Å². The zero-order chi connectivity index (χ0) is 4.41. The first-order chi connectivity index (χ1) is 2.89. The first-order valence-electron chi connectivity index (χ1n) is 1.52. The molecule has 0 spiro atoms. The summed E-state index contributed by atoms with van der Waals surface area (Å²) < 4.78 is 3.68. The van der Waals surface area contributed by atoms with Gasteiger partial charge in [0, 0.05) is 5.38 Å². The smallest absolute Gasteiger partial charge is 0.113 e. The summed E-state index contributed by atoms with van der Waals surface area (Å²) in [6.07, 6.45) is 0. The Morgan fingerprint density at radius 3 is 2.83 bits per heavy atom. The second-order valence-corrected chi connectivity index (χ2v) is 2.04. The molecule has 0 amide bonds. The summed E-state index contributed by atoms with van der Waals surface area (Å²) in [6.45, 7) is 0. The average molecular weight is 117 g/mol. The van der Waals surface area contributed by atoms with Crippen LogP contribution in [0.5, 0.6) is 0 Å². The summed E-state index contributed by atoms with van der Waals surface area (Å²) in [6, 6.07) is 1.86. The fourth-order valence-corrected chi connectivity index (χ4v) is 0.977. The first-order valence-corrected chi connectivity index (χ1v) is 2.80. The third kappa shape index (κ3) is 0.666. The number of aromatic amines is 1. The Hall–Kier alpha value is -0.150. The van der Waals surface area contributed by atoms with Crippen LogP contribution in [0.25, 0.3) is 0 Å². The van der Waals surface area contributed by atoms with Crippen LogP contribution in [-0.4, -0.2) is 4.37 Å². The van der Waals surface area contributed by atoms with Gasteiger partial charge in [-0.2, -0.15) is 0 Å². The molecule has 1 heterocycles. The maximum absolute atomic E-state index is 4.70. The van der Waals surface area contributed by atoms with Crippen molar-refractivity contribution in [3.05, 3.63) is 16.1 Å². The Labute approximate surface area is 44.8 Å². The normalized spacial score (nSPS) is 8.67. The number of H-pyrrole nitrogens is 1. The van der Waals surface area contributed by atoms with Crippen LogP contribution in [0.15, 0.2) is 11.4 Å². The number of hydrogen-bond donors (Lipinski definition) is 1. The molecule has 0 saturated heterocycles. The minimum Gasteiger partial charge on any atom is -0.302 e. The molecule has 1 aromatic rings. The van der Waals surface area contributed by atoms with E-state index in [1.54, 1.807) is 0 Å². The molecular weight excluding hydrogens is 114 g/mol. The van der Waals surface area contributed by atoms with Gasteiger partial charge in [-0.25, -0.2) is 0 Å². The molecule has 0 radical (unpaired) electrons. The summed E-state index contributed by atoms with van der Waals surface area (Å²) >= 11 is 6.21. The van der Waals surface area contributed by atoms with Crippen molar-refractivity contribution in [3.8, 4) is 0 Å². The number of aromatic nitrogens is 1. The van der Waals surface area contributed by atoms with Crippen LogP contribution in [0.2, 0.25) is 0 Å². The molecule has 0 saturated carbocycles. The van der Waals surface area contributed by atoms with Crippen molar-refractivity contribution in [1.82, 2.24) is 4.37 Å². The Kier molecular flexibility index (Phi) is 1.03. The molecule has 1 N–H and O–H groups in total. The van der Waals surface area contributed by atoms with Crippen LogP contribution in [0.1, 0.15) is 0 Å². The summed E-state index contributed by atoms with van der Waals surface area (Å²) in [5, 5.41) is 1.92. The zero-order valence-corrected chi connectivity index (χ0v) is 4.60. The number of nitrogens with one attached hydrogen (secondary N) is 1. The molecule has 1 aromatic heterocycles. The van der Waals surface area contributed by atoms with Crippen molar-refractivity contribution in [2.45, 2.75) is 0 Å². The Morgan fingerprint density at radius 2 is 2.67 bits per heavy atom. The van der Waals surface area contributed by atoms with Crippen LogP contribution in [0, 0.1) is 4.64 Å². The van der Waals surface area contributed by atoms with E-state index in [9.17, 15) is 0 Å². The van der Waals surface area contributed by atoms with E-state index in [4.69, 9.17) is 12.2 Å². The van der Waals surface area contributed by atoms with Gasteiger partial charge in [0.05, 0.1) is 0 Å². The van der Waals surface area contributed by atoms with Gasteiger partial charge in [-0.3, -0.25) is 0 Å². The minimum absolute atomic E-state index is 0.819. The summed E-state index contributed by atoms with van der Waals surface area (Å²) in [5.74, 6) is 0. The topological polar surface area (TPSA) is 15.8 Å². The van der Waals surface area contributed by atoms with Gasteiger partial charge >= 0.3 is 0 Å². The van der Waals surface area contributed by atoms with Crippen molar-refractivity contribution < 1.29 is 0 Å². The molecule has 0 unspecified atom stereocenters. The lowest BCUT2D eigenvalue weighted by Gasteiger charge is -1.53. The monoisotopic (exact) mass is 117 g/mol. The van der Waals surface area contributed by atoms with E-state index in [-0.39, 0.29) is 0 Å². The predicted octanol–water partition coefficient (Wildman–Crippen LogP) is 1.81. The third-order valence-corrected chi connectivity index (χ3v) is 1.42. The fourth-order valence-electron chi connectivity index (χ4n) is 0.222. The van der Waals surface area contributed by atoms with Gasteiger partial charge in [0.25, 0.3) is 0 Å². The summed E-state index contributed by atoms with van der Waals surface area (Å²) in [5.41, 5.74) is 0. The van der Waals surface area contributed by atoms with Crippen LogP contribution >= 0.6 is 23.8 Å². The lowest BCUT2D eigenvalue weighted by atomic mass is 10.8. The molecule has 6 heavy (non-hydrogen) atoms. The average Bonchev–Trinajstić information content (AvgIpc) is 1.86. The van der Waals surface area contributed by atoms with Crippen molar-refractivity contribution in [1.29, 1.82) is 0 Å². The quantitative estimate of drug-likeness (QED) is 0.512. The lowest BCUT2D eigenvalue weighted by molar-refractivity contribution is 1.53. The highest BCUT2D eigenvalue weighted by Crippen LogP contribution is 1.89. The van der Waals surface area contributed by atoms with E-state index in [0.29, 0.717) is 0 Å². The molecule has 0 aliphatic carbocycles. The molecule has 32 valence electrons. The standard InChI is InChI=1S/C3H3NS2/c5-3-1-2-6-4-3/h1-2H,(H,4,5). The Balaban J connectivity index is 3.41. The van der Waals surface area contributed by atoms with E-state index < -0.39 is 0 Å². The van der Waals surface area contributed by atoms with Crippen LogP contribution in [0.3, 0.4) is 0 Å². The highest BCUT2D eigenvalue weighted by molar-refractivity contribution is 7.71. The van der Waals surface area contributed by atoms with E-state index in [1.807, 2.05) is 11.4 Å². The molecule has 3 heteroatoms. The second-order valence-electron chi connectivity index (χ2n) is 0.887. The molecular formula is C3H3NS2. The molecule has 1 nitrogen and oxygen atoms in total. The SMILES string of the molecule is S=c1ccs[nH]1. The molecule has 0 aliphatic heterocycles. The van der Waals surface area contributed by atoms with Crippen molar-refractivity contribution in [3.63, 3.8) is 0 Å². The van der Waals surface area contributed by atoms with Crippen LogP contribution < -0.4 is 0 Å². The minimum atomic E-state index is 0.819. The van der Waals surface area contributed by atoms with E-state index >= 15 is 0 Å². The first kappa shape index (κ1) is 4.02. The molecule has 0 aromatic carbocycles. The maximum atomic E-state index is 4.70. The van der Waals surface area contributed by atoms with E-state index in [1.165, 1.54) is 11.5 Å². The van der Waals surface area contributed by atoms with Gasteiger partial charge in [-0.15, -0.1) is 0 Å². The van der Waals surface area contributed by atoms with Gasteiger partial charge < -0.3 is 4.37 Å². The molecule has 0 bridgehead atoms. The van der Waals surface area contributed by atoms with Gasteiger partial charge in [0.15, 0.2) is 0 Å². The van der Waals surface area contributed by atoms with E-state index in [0.717, 1.165) is 4.64 Å². The second kappa shape index (κ2) is 1.53. The van der Waals surface area contributed by atoms with Crippen LogP contribution in [-0.2, 0) is 0 Å². The molecule has 0 fully saturated rings. The molecule has 0 aliphatic rings. The third-order valence-electron chi connectivity index (χ3n) is 0.447. The van der Waals surface area contributed by atoms with Crippen LogP contribution in [0.4, 0.5) is 0 Å². The van der Waals surface area contributed by atoms with E-state index in [2.05, 4.69) is 4.37 Å². The highest BCUT2D eigenvalue weighted by Gasteiger charge is 1.67. The number of hydrogen-bond acceptors (Lipinski definition) is 2. The highest BCUT2D eigenvalue weighted by atomic mass is 32.1. The van der Waals surface area contributed by atoms with Gasteiger partial charge in [0.2, 0.25) is 0 Å². The number of rotatable bonds is 0. The van der Waals surface area contributed by atoms with Crippen molar-refractivity contribution in [2.75, 3.05) is 0 Å². The molecule has 0 atom stereocenters. The molecule has 1 rings (SSSR count).